The van der Waals surface area contributed by atoms with Gasteiger partial charge in [0.15, 0.2) is 0 Å². The second-order valence-electron chi connectivity index (χ2n) is 9.69. The largest absolute Gasteiger partial charge is 0.325 e. The predicted octanol–water partition coefficient (Wildman–Crippen LogP) is 2.51. The van der Waals surface area contributed by atoms with Gasteiger partial charge in [-0.2, -0.15) is 5.10 Å². The van der Waals surface area contributed by atoms with Crippen molar-refractivity contribution in [3.8, 4) is 11.3 Å². The Balaban J connectivity index is 1.46. The minimum atomic E-state index is -0.936. The number of urea groups is 1. The number of amides is 4. The van der Waals surface area contributed by atoms with E-state index in [9.17, 15) is 19.2 Å². The lowest BCUT2D eigenvalue weighted by Crippen LogP contribution is -2.54. The molecule has 1 aromatic carbocycles. The van der Waals surface area contributed by atoms with E-state index in [1.54, 1.807) is 30.3 Å². The average molecular weight is 438 g/mol. The van der Waals surface area contributed by atoms with Gasteiger partial charge in [-0.25, -0.2) is 9.89 Å². The minimum Gasteiger partial charge on any atom is -0.325 e. The number of aromatic nitrogens is 2. The lowest BCUT2D eigenvalue weighted by molar-refractivity contribution is -0.136. The van der Waals surface area contributed by atoms with Crippen LogP contribution in [-0.4, -0.2) is 45.0 Å². The number of nitrogens with zero attached hydrogens (tertiary/aromatic N) is 2. The second-order valence-corrected chi connectivity index (χ2v) is 9.69. The van der Waals surface area contributed by atoms with Crippen LogP contribution in [0.2, 0.25) is 0 Å². The monoisotopic (exact) mass is 437 g/mol. The van der Waals surface area contributed by atoms with Crippen LogP contribution < -0.4 is 16.2 Å². The average Bonchev–Trinajstić information content (AvgIpc) is 2.90. The SMILES string of the molecule is C[C@@H]1CC(C)(C)C[C@]2(C1)NC(=O)N(CC(=O)Nc1cccc(-c3ccc(=O)[nH]n3)c1)C2=O. The number of benzene rings is 1. The van der Waals surface area contributed by atoms with Crippen molar-refractivity contribution in [3.05, 3.63) is 46.8 Å². The van der Waals surface area contributed by atoms with Crippen molar-refractivity contribution in [3.63, 3.8) is 0 Å². The highest BCUT2D eigenvalue weighted by Gasteiger charge is 2.56. The molecule has 2 aliphatic rings. The predicted molar refractivity (Wildman–Crippen MR) is 119 cm³/mol. The zero-order valence-corrected chi connectivity index (χ0v) is 18.4. The molecule has 2 fully saturated rings. The molecule has 0 unspecified atom stereocenters. The van der Waals surface area contributed by atoms with Gasteiger partial charge in [0.1, 0.15) is 12.1 Å². The first-order valence-corrected chi connectivity index (χ1v) is 10.7. The molecule has 1 saturated heterocycles. The third-order valence-corrected chi connectivity index (χ3v) is 6.05. The molecule has 1 aromatic heterocycles. The molecule has 0 bridgehead atoms. The van der Waals surface area contributed by atoms with Gasteiger partial charge in [-0.1, -0.05) is 32.9 Å². The molecule has 4 rings (SSSR count). The van der Waals surface area contributed by atoms with Crippen molar-refractivity contribution < 1.29 is 14.4 Å². The number of carbonyl (C=O) groups is 3. The molecule has 1 aliphatic carbocycles. The number of rotatable bonds is 4. The Morgan fingerprint density at radius 2 is 1.97 bits per heavy atom. The quantitative estimate of drug-likeness (QED) is 0.634. The van der Waals surface area contributed by atoms with E-state index in [1.807, 2.05) is 0 Å². The van der Waals surface area contributed by atoms with E-state index >= 15 is 0 Å². The summed E-state index contributed by atoms with van der Waals surface area (Å²) in [5.41, 5.74) is 0.427. The van der Waals surface area contributed by atoms with Crippen LogP contribution >= 0.6 is 0 Å². The van der Waals surface area contributed by atoms with E-state index in [-0.39, 0.29) is 23.4 Å². The van der Waals surface area contributed by atoms with Gasteiger partial charge in [-0.05, 0) is 48.8 Å². The molecule has 2 atom stereocenters. The molecular formula is C23H27N5O4. The smallest absolute Gasteiger partial charge is 0.325 e. The van der Waals surface area contributed by atoms with Crippen LogP contribution in [0.4, 0.5) is 10.5 Å². The fraction of sp³-hybridized carbons (Fsp3) is 0.435. The Morgan fingerprint density at radius 3 is 2.66 bits per heavy atom. The van der Waals surface area contributed by atoms with Gasteiger partial charge in [0.05, 0.1) is 5.69 Å². The molecule has 168 valence electrons. The van der Waals surface area contributed by atoms with Crippen LogP contribution in [0, 0.1) is 11.3 Å². The number of hydrogen-bond acceptors (Lipinski definition) is 5. The standard InChI is InChI=1S/C23H27N5O4/c1-14-10-22(2,3)13-23(11-14)20(31)28(21(32)25-23)12-19(30)24-16-6-4-5-15(9-16)17-7-8-18(29)27-26-17/h4-9,14H,10-13H2,1-3H3,(H,24,30)(H,25,32)(H,27,29)/t14-,23+/m1/s1. The van der Waals surface area contributed by atoms with Crippen molar-refractivity contribution in [2.45, 2.75) is 45.6 Å². The van der Waals surface area contributed by atoms with Gasteiger partial charge in [-0.3, -0.25) is 19.3 Å². The maximum atomic E-state index is 13.2. The molecule has 0 radical (unpaired) electrons. The summed E-state index contributed by atoms with van der Waals surface area (Å²) in [7, 11) is 0. The zero-order chi connectivity index (χ0) is 23.1. The maximum absolute atomic E-state index is 13.2. The van der Waals surface area contributed by atoms with Gasteiger partial charge in [0.25, 0.3) is 11.5 Å². The number of aromatic amines is 1. The third-order valence-electron chi connectivity index (χ3n) is 6.05. The fourth-order valence-electron chi connectivity index (χ4n) is 5.26. The molecular weight excluding hydrogens is 410 g/mol. The Hall–Kier alpha value is -3.49. The Bertz CT molecular complexity index is 1120. The van der Waals surface area contributed by atoms with Gasteiger partial charge < -0.3 is 10.6 Å². The lowest BCUT2D eigenvalue weighted by Gasteiger charge is -2.43. The number of carbonyl (C=O) groups excluding carboxylic acids is 3. The zero-order valence-electron chi connectivity index (χ0n) is 18.4. The fourth-order valence-corrected chi connectivity index (χ4v) is 5.26. The van der Waals surface area contributed by atoms with E-state index in [2.05, 4.69) is 41.6 Å². The lowest BCUT2D eigenvalue weighted by atomic mass is 9.64. The van der Waals surface area contributed by atoms with Crippen LogP contribution in [0.1, 0.15) is 40.0 Å². The van der Waals surface area contributed by atoms with E-state index < -0.39 is 17.5 Å². The first-order chi connectivity index (χ1) is 15.1. The highest BCUT2D eigenvalue weighted by molar-refractivity contribution is 6.10. The van der Waals surface area contributed by atoms with Crippen molar-refractivity contribution >= 4 is 23.5 Å². The highest BCUT2D eigenvalue weighted by atomic mass is 16.2. The van der Waals surface area contributed by atoms with Crippen LogP contribution in [0.15, 0.2) is 41.2 Å². The van der Waals surface area contributed by atoms with Crippen LogP contribution in [0.25, 0.3) is 11.3 Å². The molecule has 3 N–H and O–H groups in total. The number of H-pyrrole nitrogens is 1. The summed E-state index contributed by atoms with van der Waals surface area (Å²) in [6.07, 6.45) is 2.12. The molecule has 4 amide bonds. The summed E-state index contributed by atoms with van der Waals surface area (Å²) in [4.78, 5) is 50.7. The van der Waals surface area contributed by atoms with Crippen molar-refractivity contribution in [2.75, 3.05) is 11.9 Å². The maximum Gasteiger partial charge on any atom is 0.325 e. The van der Waals surface area contributed by atoms with Crippen molar-refractivity contribution in [1.82, 2.24) is 20.4 Å². The Labute approximate surface area is 185 Å². The molecule has 2 aromatic rings. The van der Waals surface area contributed by atoms with E-state index in [1.165, 1.54) is 6.07 Å². The van der Waals surface area contributed by atoms with E-state index in [0.29, 0.717) is 35.7 Å². The van der Waals surface area contributed by atoms with Crippen molar-refractivity contribution in [2.24, 2.45) is 11.3 Å². The van der Waals surface area contributed by atoms with Crippen LogP contribution in [-0.2, 0) is 9.59 Å². The first kappa shape index (κ1) is 21.7. The molecule has 2 heterocycles. The van der Waals surface area contributed by atoms with E-state index in [4.69, 9.17) is 0 Å². The molecule has 9 heteroatoms. The van der Waals surface area contributed by atoms with Crippen LogP contribution in [0.3, 0.4) is 0 Å². The summed E-state index contributed by atoms with van der Waals surface area (Å²) < 4.78 is 0. The highest BCUT2D eigenvalue weighted by Crippen LogP contribution is 2.46. The number of anilines is 1. The summed E-state index contributed by atoms with van der Waals surface area (Å²) in [6.45, 7) is 5.93. The Morgan fingerprint density at radius 1 is 1.19 bits per heavy atom. The summed E-state index contributed by atoms with van der Waals surface area (Å²) >= 11 is 0. The molecule has 1 aliphatic heterocycles. The van der Waals surface area contributed by atoms with Crippen molar-refractivity contribution in [1.29, 1.82) is 0 Å². The molecule has 32 heavy (non-hydrogen) atoms. The third kappa shape index (κ3) is 4.28. The number of hydrogen-bond donors (Lipinski definition) is 3. The number of nitrogens with one attached hydrogen (secondary N) is 3. The van der Waals surface area contributed by atoms with Gasteiger partial charge >= 0.3 is 6.03 Å². The summed E-state index contributed by atoms with van der Waals surface area (Å²) in [5.74, 6) is -0.509. The summed E-state index contributed by atoms with van der Waals surface area (Å²) in [5, 5.41) is 12.0. The minimum absolute atomic E-state index is 0.0743. The topological polar surface area (TPSA) is 124 Å². The first-order valence-electron chi connectivity index (χ1n) is 10.7. The normalized spacial score (nSPS) is 24.5. The van der Waals surface area contributed by atoms with Crippen LogP contribution in [0.5, 0.6) is 0 Å². The molecule has 9 nitrogen and oxygen atoms in total. The molecule has 1 saturated carbocycles. The number of imide groups is 1. The van der Waals surface area contributed by atoms with Gasteiger partial charge in [0.2, 0.25) is 5.91 Å². The van der Waals surface area contributed by atoms with E-state index in [0.717, 1.165) is 11.3 Å². The summed E-state index contributed by atoms with van der Waals surface area (Å²) in [6, 6.07) is 9.37. The van der Waals surface area contributed by atoms with Gasteiger partial charge in [-0.15, -0.1) is 0 Å². The second kappa shape index (κ2) is 7.89. The van der Waals surface area contributed by atoms with Gasteiger partial charge in [0, 0.05) is 17.3 Å². The molecule has 1 spiro atoms. The Kier molecular flexibility index (Phi) is 5.36.